The van der Waals surface area contributed by atoms with Gasteiger partial charge in [0.15, 0.2) is 5.78 Å². The lowest BCUT2D eigenvalue weighted by Gasteiger charge is -2.41. The van der Waals surface area contributed by atoms with E-state index in [1.807, 2.05) is 25.3 Å². The Kier molecular flexibility index (Phi) is 5.98. The van der Waals surface area contributed by atoms with Crippen molar-refractivity contribution in [2.75, 3.05) is 13.1 Å². The number of rotatable bonds is 4. The molecule has 0 bridgehead atoms. The fourth-order valence-electron chi connectivity index (χ4n) is 3.48. The Morgan fingerprint density at radius 2 is 1.93 bits per heavy atom. The smallest absolute Gasteiger partial charge is 0.264 e. The largest absolute Gasteiger partial charge is 0.396 e. The second-order valence-electron chi connectivity index (χ2n) is 7.76. The number of hydrogen-bond donors (Lipinski definition) is 1. The van der Waals surface area contributed by atoms with E-state index in [4.69, 9.17) is 10.7 Å². The number of aliphatic imine (C=N–C) groups is 1. The van der Waals surface area contributed by atoms with Crippen molar-refractivity contribution >= 4 is 28.7 Å². The van der Waals surface area contributed by atoms with Gasteiger partial charge in [0.05, 0.1) is 17.1 Å². The molecule has 0 radical (unpaired) electrons. The number of nitrogens with zero attached hydrogens (tertiary/aromatic N) is 2. The van der Waals surface area contributed by atoms with Crippen LogP contribution in [0.15, 0.2) is 58.0 Å². The van der Waals surface area contributed by atoms with Crippen LogP contribution in [0.2, 0.25) is 0 Å². The Hall–Kier alpha value is -2.80. The molecule has 1 saturated heterocycles. The summed E-state index contributed by atoms with van der Waals surface area (Å²) in [6.45, 7) is 6.41. The normalized spacial score (nSPS) is 19.3. The van der Waals surface area contributed by atoms with E-state index in [0.29, 0.717) is 29.3 Å². The molecule has 1 amide bonds. The fourth-order valence-corrected chi connectivity index (χ4v) is 4.17. The predicted octanol–water partition coefficient (Wildman–Crippen LogP) is 3.81. The van der Waals surface area contributed by atoms with E-state index in [1.165, 1.54) is 30.4 Å². The number of piperidine rings is 1. The van der Waals surface area contributed by atoms with Crippen LogP contribution in [0.25, 0.3) is 0 Å². The van der Waals surface area contributed by atoms with Gasteiger partial charge in [-0.05, 0) is 29.1 Å². The van der Waals surface area contributed by atoms with Crippen molar-refractivity contribution in [3.63, 3.8) is 0 Å². The molecule has 29 heavy (non-hydrogen) atoms. The molecule has 7 heteroatoms. The summed E-state index contributed by atoms with van der Waals surface area (Å²) < 4.78 is 13.2. The number of nitrogens with two attached hydrogens (primary N) is 1. The van der Waals surface area contributed by atoms with Crippen LogP contribution in [0, 0.1) is 11.2 Å². The Morgan fingerprint density at radius 3 is 2.52 bits per heavy atom. The molecule has 0 spiro atoms. The summed E-state index contributed by atoms with van der Waals surface area (Å²) in [6, 6.07) is 9.77. The Balaban J connectivity index is 1.97. The monoisotopic (exact) mass is 413 g/mol. The summed E-state index contributed by atoms with van der Waals surface area (Å²) in [5.74, 6) is -0.640. The number of carbonyl (C=O) groups excluding carboxylic acids is 2. The Morgan fingerprint density at radius 1 is 1.24 bits per heavy atom. The fraction of sp³-hybridized carbons (Fsp3) is 0.318. The molecule has 2 heterocycles. The lowest BCUT2D eigenvalue weighted by molar-refractivity contribution is -0.113. The van der Waals surface area contributed by atoms with Crippen molar-refractivity contribution in [1.82, 2.24) is 4.90 Å². The minimum absolute atomic E-state index is 0.0838. The van der Waals surface area contributed by atoms with E-state index < -0.39 is 5.41 Å². The standard InChI is InChI=1S/C22H24FN3O2S/c1-14(27)19(24)17-12-26(21(28)18-5-4-10-29-18)13-22(2,3)20(17)25-11-15-6-8-16(23)9-7-15/h4-10H,11-13,24H2,1-3H3/b19-17-,25-20?. The first-order chi connectivity index (χ1) is 13.7. The number of amides is 1. The summed E-state index contributed by atoms with van der Waals surface area (Å²) in [5, 5.41) is 1.86. The van der Waals surface area contributed by atoms with Crippen molar-refractivity contribution in [3.8, 4) is 0 Å². The van der Waals surface area contributed by atoms with E-state index in [-0.39, 0.29) is 29.7 Å². The predicted molar refractivity (Wildman–Crippen MR) is 113 cm³/mol. The number of thiophene rings is 1. The zero-order valence-electron chi connectivity index (χ0n) is 16.7. The van der Waals surface area contributed by atoms with Gasteiger partial charge < -0.3 is 10.6 Å². The number of Topliss-reactive ketones (excluding diaryl/α,β-unsaturated/α-hetero) is 1. The summed E-state index contributed by atoms with van der Waals surface area (Å²) >= 11 is 1.38. The highest BCUT2D eigenvalue weighted by Gasteiger charge is 2.39. The number of hydrogen-bond acceptors (Lipinski definition) is 5. The second-order valence-corrected chi connectivity index (χ2v) is 8.71. The molecule has 0 saturated carbocycles. The van der Waals surface area contributed by atoms with E-state index in [2.05, 4.69) is 0 Å². The van der Waals surface area contributed by atoms with Crippen molar-refractivity contribution in [3.05, 3.63) is 69.3 Å². The van der Waals surface area contributed by atoms with Crippen LogP contribution >= 0.6 is 11.3 Å². The molecule has 1 aromatic carbocycles. The zero-order valence-corrected chi connectivity index (χ0v) is 17.6. The van der Waals surface area contributed by atoms with E-state index in [0.717, 1.165) is 5.56 Å². The van der Waals surface area contributed by atoms with Crippen molar-refractivity contribution in [1.29, 1.82) is 0 Å². The van der Waals surface area contributed by atoms with Crippen molar-refractivity contribution in [2.24, 2.45) is 16.1 Å². The average Bonchev–Trinajstić information content (AvgIpc) is 3.20. The van der Waals surface area contributed by atoms with E-state index in [9.17, 15) is 14.0 Å². The van der Waals surface area contributed by atoms with Crippen LogP contribution in [-0.2, 0) is 11.3 Å². The lowest BCUT2D eigenvalue weighted by atomic mass is 9.78. The van der Waals surface area contributed by atoms with Crippen LogP contribution in [-0.4, -0.2) is 35.4 Å². The Bertz CT molecular complexity index is 976. The maximum absolute atomic E-state index is 13.2. The molecule has 0 atom stereocenters. The molecular formula is C22H24FN3O2S. The molecule has 0 aliphatic carbocycles. The van der Waals surface area contributed by atoms with Crippen LogP contribution in [0.4, 0.5) is 4.39 Å². The third-order valence-electron chi connectivity index (χ3n) is 4.92. The first-order valence-corrected chi connectivity index (χ1v) is 10.2. The zero-order chi connectivity index (χ0) is 21.2. The number of ketones is 1. The van der Waals surface area contributed by atoms with Gasteiger partial charge in [-0.1, -0.05) is 32.0 Å². The topological polar surface area (TPSA) is 75.8 Å². The Labute approximate surface area is 173 Å². The van der Waals surface area contributed by atoms with Crippen LogP contribution < -0.4 is 5.73 Å². The van der Waals surface area contributed by atoms with Crippen LogP contribution in [0.3, 0.4) is 0 Å². The molecule has 0 unspecified atom stereocenters. The molecule has 1 aromatic heterocycles. The van der Waals surface area contributed by atoms with Gasteiger partial charge in [-0.15, -0.1) is 11.3 Å². The van der Waals surface area contributed by atoms with E-state index >= 15 is 0 Å². The lowest BCUT2D eigenvalue weighted by Crippen LogP contribution is -2.51. The highest BCUT2D eigenvalue weighted by atomic mass is 32.1. The average molecular weight is 414 g/mol. The third kappa shape index (κ3) is 4.62. The first-order valence-electron chi connectivity index (χ1n) is 9.31. The molecule has 3 rings (SSSR count). The van der Waals surface area contributed by atoms with Gasteiger partial charge in [-0.3, -0.25) is 14.6 Å². The van der Waals surface area contributed by atoms with Gasteiger partial charge in [-0.2, -0.15) is 0 Å². The van der Waals surface area contributed by atoms with Gasteiger partial charge in [0.1, 0.15) is 5.82 Å². The van der Waals surface area contributed by atoms with Gasteiger partial charge in [0.2, 0.25) is 0 Å². The van der Waals surface area contributed by atoms with Crippen molar-refractivity contribution in [2.45, 2.75) is 27.3 Å². The molecular weight excluding hydrogens is 389 g/mol. The number of benzene rings is 1. The number of allylic oxidation sites excluding steroid dienone is 1. The number of likely N-dealkylation sites (tertiary alicyclic amines) is 1. The molecule has 1 aliphatic rings. The quantitative estimate of drug-likeness (QED) is 0.775. The molecule has 152 valence electrons. The molecule has 1 aliphatic heterocycles. The SMILES string of the molecule is CC(=O)/C(N)=C1\CN(C(=O)c2cccs2)CC(C)(C)C1=NCc1ccc(F)cc1. The number of halogens is 1. The highest BCUT2D eigenvalue weighted by molar-refractivity contribution is 7.12. The van der Waals surface area contributed by atoms with E-state index in [1.54, 1.807) is 23.1 Å². The summed E-state index contributed by atoms with van der Waals surface area (Å²) in [5.41, 5.74) is 7.91. The highest BCUT2D eigenvalue weighted by Crippen LogP contribution is 2.32. The van der Waals surface area contributed by atoms with Gasteiger partial charge in [0.25, 0.3) is 5.91 Å². The minimum atomic E-state index is -0.499. The maximum Gasteiger partial charge on any atom is 0.264 e. The van der Waals surface area contributed by atoms with Gasteiger partial charge in [-0.25, -0.2) is 4.39 Å². The van der Waals surface area contributed by atoms with Crippen LogP contribution in [0.1, 0.15) is 36.0 Å². The summed E-state index contributed by atoms with van der Waals surface area (Å²) in [7, 11) is 0. The summed E-state index contributed by atoms with van der Waals surface area (Å²) in [6.07, 6.45) is 0. The summed E-state index contributed by atoms with van der Waals surface area (Å²) in [4.78, 5) is 32.1. The van der Waals surface area contributed by atoms with Gasteiger partial charge >= 0.3 is 0 Å². The minimum Gasteiger partial charge on any atom is -0.396 e. The van der Waals surface area contributed by atoms with Crippen molar-refractivity contribution < 1.29 is 14.0 Å². The maximum atomic E-state index is 13.2. The second kappa shape index (κ2) is 8.29. The van der Waals surface area contributed by atoms with Gasteiger partial charge in [0, 0.05) is 36.7 Å². The molecule has 1 fully saturated rings. The third-order valence-corrected chi connectivity index (χ3v) is 5.78. The molecule has 5 nitrogen and oxygen atoms in total. The molecule has 2 aromatic rings. The number of carbonyl (C=O) groups is 2. The molecule has 2 N–H and O–H groups in total. The first kappa shape index (κ1) is 20.9. The van der Waals surface area contributed by atoms with Crippen LogP contribution in [0.5, 0.6) is 0 Å².